The topological polar surface area (TPSA) is 48.5 Å². The van der Waals surface area contributed by atoms with Gasteiger partial charge in [-0.3, -0.25) is 14.7 Å². The molecule has 1 amide bonds. The van der Waals surface area contributed by atoms with Gasteiger partial charge in [-0.1, -0.05) is 18.2 Å². The number of pyridine rings is 1. The van der Waals surface area contributed by atoms with E-state index in [1.807, 2.05) is 29.3 Å². The average molecular weight is 324 g/mol. The molecule has 1 N–H and O–H groups in total. The van der Waals surface area contributed by atoms with Crippen molar-refractivity contribution in [1.29, 1.82) is 0 Å². The Kier molecular flexibility index (Phi) is 4.34. The molecule has 0 aliphatic carbocycles. The summed E-state index contributed by atoms with van der Waals surface area (Å²) < 4.78 is 0. The van der Waals surface area contributed by atoms with Crippen LogP contribution in [-0.2, 0) is 4.79 Å². The van der Waals surface area contributed by atoms with Gasteiger partial charge in [-0.2, -0.15) is 0 Å². The Bertz CT molecular complexity index is 726. The Balaban J connectivity index is 1.33. The highest BCUT2D eigenvalue weighted by Crippen LogP contribution is 2.20. The highest BCUT2D eigenvalue weighted by molar-refractivity contribution is 5.81. The number of amides is 1. The lowest BCUT2D eigenvalue weighted by Gasteiger charge is -2.21. The summed E-state index contributed by atoms with van der Waals surface area (Å²) in [4.78, 5) is 21.1. The van der Waals surface area contributed by atoms with E-state index < -0.39 is 0 Å². The van der Waals surface area contributed by atoms with E-state index in [4.69, 9.17) is 0 Å². The molecule has 1 atom stereocenters. The molecule has 3 heterocycles. The van der Waals surface area contributed by atoms with Gasteiger partial charge < -0.3 is 10.2 Å². The van der Waals surface area contributed by atoms with Crippen LogP contribution in [0.1, 0.15) is 19.3 Å². The maximum absolute atomic E-state index is 12.3. The van der Waals surface area contributed by atoms with Crippen molar-refractivity contribution in [3.8, 4) is 0 Å². The van der Waals surface area contributed by atoms with Crippen LogP contribution in [-0.4, -0.2) is 59.5 Å². The number of carbonyl (C=O) groups excluding carboxylic acids is 1. The zero-order chi connectivity index (χ0) is 16.4. The number of hydrogen-bond donors (Lipinski definition) is 1. The van der Waals surface area contributed by atoms with Gasteiger partial charge in [0, 0.05) is 37.6 Å². The van der Waals surface area contributed by atoms with Crippen LogP contribution in [0.4, 0.5) is 5.69 Å². The van der Waals surface area contributed by atoms with E-state index in [0.717, 1.165) is 62.0 Å². The molecule has 5 heteroatoms. The minimum Gasteiger partial charge on any atom is -0.380 e. The lowest BCUT2D eigenvalue weighted by Crippen LogP contribution is -2.38. The van der Waals surface area contributed by atoms with Crippen LogP contribution in [0.15, 0.2) is 36.5 Å². The summed E-state index contributed by atoms with van der Waals surface area (Å²) in [6, 6.07) is 10.7. The standard InChI is InChI=1S/C19H24N4O/c24-19(23-8-3-4-9-23)14-22-10-7-16(13-22)21-17-11-15-5-1-2-6-18(15)20-12-17/h1-2,5-6,11-12,16,21H,3-4,7-10,13-14H2/t16-/m0/s1. The van der Waals surface area contributed by atoms with Gasteiger partial charge in [0.25, 0.3) is 0 Å². The molecule has 2 aliphatic heterocycles. The van der Waals surface area contributed by atoms with Crippen molar-refractivity contribution < 1.29 is 4.79 Å². The summed E-state index contributed by atoms with van der Waals surface area (Å²) in [7, 11) is 0. The van der Waals surface area contributed by atoms with Crippen LogP contribution in [0.2, 0.25) is 0 Å². The van der Waals surface area contributed by atoms with Crippen molar-refractivity contribution in [3.05, 3.63) is 36.5 Å². The van der Waals surface area contributed by atoms with Crippen molar-refractivity contribution in [2.45, 2.75) is 25.3 Å². The van der Waals surface area contributed by atoms with Gasteiger partial charge in [-0.25, -0.2) is 0 Å². The van der Waals surface area contributed by atoms with Gasteiger partial charge in [0.1, 0.15) is 0 Å². The fourth-order valence-electron chi connectivity index (χ4n) is 3.74. The summed E-state index contributed by atoms with van der Waals surface area (Å²) in [5, 5.41) is 4.73. The molecule has 0 bridgehead atoms. The van der Waals surface area contributed by atoms with Crippen LogP contribution in [0.3, 0.4) is 0 Å². The Morgan fingerprint density at radius 2 is 2.04 bits per heavy atom. The number of fused-ring (bicyclic) bond motifs is 1. The quantitative estimate of drug-likeness (QED) is 0.938. The molecular formula is C19H24N4O. The second-order valence-corrected chi connectivity index (χ2v) is 6.87. The first-order valence-electron chi connectivity index (χ1n) is 8.89. The predicted molar refractivity (Wildman–Crippen MR) is 96.0 cm³/mol. The third-order valence-electron chi connectivity index (χ3n) is 5.05. The van der Waals surface area contributed by atoms with Gasteiger partial charge in [-0.15, -0.1) is 0 Å². The Morgan fingerprint density at radius 3 is 2.92 bits per heavy atom. The largest absolute Gasteiger partial charge is 0.380 e. The number of benzene rings is 1. The highest BCUT2D eigenvalue weighted by Gasteiger charge is 2.26. The van der Waals surface area contributed by atoms with E-state index in [0.29, 0.717) is 18.5 Å². The van der Waals surface area contributed by atoms with Gasteiger partial charge in [0.15, 0.2) is 0 Å². The molecule has 1 aromatic heterocycles. The molecule has 0 unspecified atom stereocenters. The second kappa shape index (κ2) is 6.77. The fourth-order valence-corrected chi connectivity index (χ4v) is 3.74. The molecule has 126 valence electrons. The van der Waals surface area contributed by atoms with Crippen LogP contribution in [0.25, 0.3) is 10.9 Å². The third-order valence-corrected chi connectivity index (χ3v) is 5.05. The van der Waals surface area contributed by atoms with Crippen molar-refractivity contribution in [3.63, 3.8) is 0 Å². The number of hydrogen-bond acceptors (Lipinski definition) is 4. The van der Waals surface area contributed by atoms with E-state index in [-0.39, 0.29) is 0 Å². The maximum Gasteiger partial charge on any atom is 0.236 e. The number of anilines is 1. The average Bonchev–Trinajstić information content (AvgIpc) is 3.27. The zero-order valence-corrected chi connectivity index (χ0v) is 13.9. The number of rotatable bonds is 4. The molecule has 0 spiro atoms. The van der Waals surface area contributed by atoms with Gasteiger partial charge in [0.2, 0.25) is 5.91 Å². The maximum atomic E-state index is 12.3. The molecule has 1 aromatic carbocycles. The summed E-state index contributed by atoms with van der Waals surface area (Å²) in [5.41, 5.74) is 2.08. The minimum atomic E-state index is 0.292. The van der Waals surface area contributed by atoms with Crippen molar-refractivity contribution in [1.82, 2.24) is 14.8 Å². The normalized spacial score (nSPS) is 21.5. The molecule has 2 saturated heterocycles. The monoisotopic (exact) mass is 324 g/mol. The number of carbonyl (C=O) groups is 1. The molecular weight excluding hydrogens is 300 g/mol. The van der Waals surface area contributed by atoms with E-state index in [1.165, 1.54) is 0 Å². The summed E-state index contributed by atoms with van der Waals surface area (Å²) in [5.74, 6) is 0.292. The first-order chi connectivity index (χ1) is 11.8. The van der Waals surface area contributed by atoms with Crippen LogP contribution in [0.5, 0.6) is 0 Å². The summed E-state index contributed by atoms with van der Waals surface area (Å²) in [6.45, 7) is 4.35. The molecule has 24 heavy (non-hydrogen) atoms. The van der Waals surface area contributed by atoms with E-state index >= 15 is 0 Å². The molecule has 5 nitrogen and oxygen atoms in total. The van der Waals surface area contributed by atoms with Crippen molar-refractivity contribution in [2.24, 2.45) is 0 Å². The highest BCUT2D eigenvalue weighted by atomic mass is 16.2. The van der Waals surface area contributed by atoms with Gasteiger partial charge in [-0.05, 0) is 31.4 Å². The van der Waals surface area contributed by atoms with Gasteiger partial charge >= 0.3 is 0 Å². The zero-order valence-electron chi connectivity index (χ0n) is 13.9. The van der Waals surface area contributed by atoms with Crippen molar-refractivity contribution >= 4 is 22.5 Å². The van der Waals surface area contributed by atoms with Crippen LogP contribution >= 0.6 is 0 Å². The smallest absolute Gasteiger partial charge is 0.236 e. The number of nitrogens with zero attached hydrogens (tertiary/aromatic N) is 3. The minimum absolute atomic E-state index is 0.292. The van der Waals surface area contributed by atoms with E-state index in [1.54, 1.807) is 0 Å². The van der Waals surface area contributed by atoms with Crippen molar-refractivity contribution in [2.75, 3.05) is 38.0 Å². The predicted octanol–water partition coefficient (Wildman–Crippen LogP) is 2.34. The third kappa shape index (κ3) is 3.36. The summed E-state index contributed by atoms with van der Waals surface area (Å²) in [6.07, 6.45) is 5.29. The van der Waals surface area contributed by atoms with Crippen LogP contribution < -0.4 is 5.32 Å². The molecule has 0 radical (unpaired) electrons. The molecule has 0 saturated carbocycles. The fraction of sp³-hybridized carbons (Fsp3) is 0.474. The lowest BCUT2D eigenvalue weighted by atomic mass is 10.2. The Hall–Kier alpha value is -2.14. The van der Waals surface area contributed by atoms with E-state index in [9.17, 15) is 4.79 Å². The molecule has 2 aromatic rings. The second-order valence-electron chi connectivity index (χ2n) is 6.87. The molecule has 4 rings (SSSR count). The number of aromatic nitrogens is 1. The number of para-hydroxylation sites is 1. The SMILES string of the molecule is O=C(CN1CC[C@H](Nc2cnc3ccccc3c2)C1)N1CCCC1. The Morgan fingerprint density at radius 1 is 1.21 bits per heavy atom. The first-order valence-corrected chi connectivity index (χ1v) is 8.89. The number of nitrogens with one attached hydrogen (secondary N) is 1. The lowest BCUT2D eigenvalue weighted by molar-refractivity contribution is -0.131. The van der Waals surface area contributed by atoms with E-state index in [2.05, 4.69) is 27.3 Å². The molecule has 2 aliphatic rings. The number of likely N-dealkylation sites (tertiary alicyclic amines) is 2. The van der Waals surface area contributed by atoms with Crippen LogP contribution in [0, 0.1) is 0 Å². The van der Waals surface area contributed by atoms with Gasteiger partial charge in [0.05, 0.1) is 23.9 Å². The first kappa shape index (κ1) is 15.4. The summed E-state index contributed by atoms with van der Waals surface area (Å²) >= 11 is 0. The molecule has 2 fully saturated rings. The Labute approximate surface area is 142 Å².